The van der Waals surface area contributed by atoms with Gasteiger partial charge in [-0.3, -0.25) is 14.9 Å². The Kier molecular flexibility index (Phi) is 5.49. The maximum absolute atomic E-state index is 12.3. The van der Waals surface area contributed by atoms with E-state index in [1.165, 1.54) is 11.0 Å². The summed E-state index contributed by atoms with van der Waals surface area (Å²) in [6.45, 7) is 6.51. The zero-order valence-corrected chi connectivity index (χ0v) is 12.3. The highest BCUT2D eigenvalue weighted by Gasteiger charge is 2.24. The highest BCUT2D eigenvalue weighted by atomic mass is 16.6. The van der Waals surface area contributed by atoms with Crippen molar-refractivity contribution in [3.05, 3.63) is 33.9 Å². The summed E-state index contributed by atoms with van der Waals surface area (Å²) in [4.78, 5) is 24.4. The first kappa shape index (κ1) is 15.9. The number of nitro groups is 1. The Bertz CT molecular complexity index is 500. The van der Waals surface area contributed by atoms with Crippen LogP contribution in [0.3, 0.4) is 0 Å². The van der Waals surface area contributed by atoms with Gasteiger partial charge >= 0.3 is 0 Å². The number of hydrogen-bond donors (Lipinski definition) is 1. The smallest absolute Gasteiger partial charge is 0.282 e. The van der Waals surface area contributed by atoms with Crippen LogP contribution in [0.2, 0.25) is 0 Å². The number of hydrogen-bond acceptors (Lipinski definition) is 4. The van der Waals surface area contributed by atoms with Crippen LogP contribution in [0.25, 0.3) is 0 Å². The van der Waals surface area contributed by atoms with Gasteiger partial charge in [-0.05, 0) is 32.4 Å². The molecule has 0 saturated carbocycles. The first-order chi connectivity index (χ1) is 9.38. The van der Waals surface area contributed by atoms with E-state index in [2.05, 4.69) is 5.32 Å². The quantitative estimate of drug-likeness (QED) is 0.641. The zero-order valence-electron chi connectivity index (χ0n) is 12.3. The molecule has 0 aliphatic rings. The van der Waals surface area contributed by atoms with Crippen molar-refractivity contribution in [2.45, 2.75) is 33.2 Å². The third-order valence-corrected chi connectivity index (χ3v) is 3.10. The fourth-order valence-corrected chi connectivity index (χ4v) is 1.67. The molecule has 0 aliphatic carbocycles. The lowest BCUT2D eigenvalue weighted by atomic mass is 10.1. The summed E-state index contributed by atoms with van der Waals surface area (Å²) in [6, 6.07) is 4.53. The van der Waals surface area contributed by atoms with E-state index in [1.54, 1.807) is 19.2 Å². The normalized spacial score (nSPS) is 10.4. The van der Waals surface area contributed by atoms with Crippen molar-refractivity contribution >= 4 is 17.3 Å². The van der Waals surface area contributed by atoms with Crippen LogP contribution < -0.4 is 5.32 Å². The molecule has 1 rings (SSSR count). The number of benzene rings is 1. The zero-order chi connectivity index (χ0) is 15.3. The molecule has 0 saturated heterocycles. The second-order valence-corrected chi connectivity index (χ2v) is 4.93. The molecule has 0 radical (unpaired) electrons. The van der Waals surface area contributed by atoms with Crippen molar-refractivity contribution in [3.63, 3.8) is 0 Å². The van der Waals surface area contributed by atoms with Crippen LogP contribution in [0.15, 0.2) is 18.2 Å². The molecule has 0 fully saturated rings. The number of rotatable bonds is 6. The summed E-state index contributed by atoms with van der Waals surface area (Å²) >= 11 is 0. The minimum Gasteiger partial charge on any atom is -0.385 e. The van der Waals surface area contributed by atoms with Crippen molar-refractivity contribution in [1.82, 2.24) is 4.90 Å². The van der Waals surface area contributed by atoms with Crippen molar-refractivity contribution in [3.8, 4) is 0 Å². The number of carbonyl (C=O) groups excluding carboxylic acids is 1. The number of nitrogens with zero attached hydrogens (tertiary/aromatic N) is 2. The van der Waals surface area contributed by atoms with Crippen LogP contribution in [0.5, 0.6) is 0 Å². The highest BCUT2D eigenvalue weighted by Crippen LogP contribution is 2.24. The van der Waals surface area contributed by atoms with Crippen LogP contribution in [0, 0.1) is 10.1 Å². The molecule has 110 valence electrons. The second-order valence-electron chi connectivity index (χ2n) is 4.93. The van der Waals surface area contributed by atoms with Crippen molar-refractivity contribution < 1.29 is 9.72 Å². The molecule has 0 atom stereocenters. The molecule has 0 heterocycles. The lowest BCUT2D eigenvalue weighted by Crippen LogP contribution is -2.33. The molecular formula is C14H21N3O3. The Morgan fingerprint density at radius 3 is 2.60 bits per heavy atom. The lowest BCUT2D eigenvalue weighted by Gasteiger charge is -2.21. The number of amides is 1. The molecule has 0 aromatic heterocycles. The predicted molar refractivity (Wildman–Crippen MR) is 79.1 cm³/mol. The molecule has 6 heteroatoms. The van der Waals surface area contributed by atoms with E-state index in [-0.39, 0.29) is 23.2 Å². The average Bonchev–Trinajstić information content (AvgIpc) is 2.42. The molecule has 6 nitrogen and oxygen atoms in total. The monoisotopic (exact) mass is 279 g/mol. The van der Waals surface area contributed by atoms with Gasteiger partial charge in [-0.25, -0.2) is 0 Å². The summed E-state index contributed by atoms with van der Waals surface area (Å²) < 4.78 is 0. The fraction of sp³-hybridized carbons (Fsp3) is 0.500. The topological polar surface area (TPSA) is 75.5 Å². The van der Waals surface area contributed by atoms with Crippen LogP contribution in [0.4, 0.5) is 11.4 Å². The van der Waals surface area contributed by atoms with Gasteiger partial charge < -0.3 is 10.2 Å². The summed E-state index contributed by atoms with van der Waals surface area (Å²) in [6.07, 6.45) is 0.937. The SMILES string of the molecule is CCCNc1ccc([N+](=O)[O-])c(C(=O)N(C)C(C)C)c1. The third kappa shape index (κ3) is 3.69. The van der Waals surface area contributed by atoms with Crippen LogP contribution in [-0.4, -0.2) is 35.4 Å². The minimum atomic E-state index is -0.523. The molecule has 0 spiro atoms. The number of anilines is 1. The van der Waals surface area contributed by atoms with Gasteiger partial charge in [0.1, 0.15) is 5.56 Å². The number of nitrogens with one attached hydrogen (secondary N) is 1. The second kappa shape index (κ2) is 6.88. The van der Waals surface area contributed by atoms with E-state index in [9.17, 15) is 14.9 Å². The minimum absolute atomic E-state index is 0.0191. The van der Waals surface area contributed by atoms with Crippen molar-refractivity contribution in [1.29, 1.82) is 0 Å². The third-order valence-electron chi connectivity index (χ3n) is 3.10. The molecule has 20 heavy (non-hydrogen) atoms. The maximum atomic E-state index is 12.3. The number of carbonyl (C=O) groups is 1. The Morgan fingerprint density at radius 2 is 2.10 bits per heavy atom. The van der Waals surface area contributed by atoms with Gasteiger partial charge in [-0.1, -0.05) is 6.92 Å². The first-order valence-corrected chi connectivity index (χ1v) is 6.68. The molecule has 1 aromatic rings. The largest absolute Gasteiger partial charge is 0.385 e. The van der Waals surface area contributed by atoms with Crippen molar-refractivity contribution in [2.75, 3.05) is 18.9 Å². The molecular weight excluding hydrogens is 258 g/mol. The van der Waals surface area contributed by atoms with E-state index in [1.807, 2.05) is 20.8 Å². The number of nitro benzene ring substituents is 1. The molecule has 0 aliphatic heterocycles. The predicted octanol–water partition coefficient (Wildman–Crippen LogP) is 2.90. The van der Waals surface area contributed by atoms with E-state index in [0.29, 0.717) is 0 Å². The van der Waals surface area contributed by atoms with Gasteiger partial charge in [0.25, 0.3) is 11.6 Å². The van der Waals surface area contributed by atoms with Gasteiger partial charge in [0, 0.05) is 31.4 Å². The van der Waals surface area contributed by atoms with Crippen LogP contribution in [0.1, 0.15) is 37.6 Å². The van der Waals surface area contributed by atoms with Crippen molar-refractivity contribution in [2.24, 2.45) is 0 Å². The first-order valence-electron chi connectivity index (χ1n) is 6.68. The Balaban J connectivity index is 3.18. The van der Waals surface area contributed by atoms with E-state index in [4.69, 9.17) is 0 Å². The van der Waals surface area contributed by atoms with E-state index < -0.39 is 4.92 Å². The fourth-order valence-electron chi connectivity index (χ4n) is 1.67. The Morgan fingerprint density at radius 1 is 1.45 bits per heavy atom. The molecule has 0 bridgehead atoms. The molecule has 1 N–H and O–H groups in total. The Hall–Kier alpha value is -2.11. The van der Waals surface area contributed by atoms with Gasteiger partial charge in [-0.15, -0.1) is 0 Å². The summed E-state index contributed by atoms with van der Waals surface area (Å²) in [5.74, 6) is -0.341. The summed E-state index contributed by atoms with van der Waals surface area (Å²) in [5.41, 5.74) is 0.676. The van der Waals surface area contributed by atoms with E-state index in [0.717, 1.165) is 18.7 Å². The van der Waals surface area contributed by atoms with Gasteiger partial charge in [0.15, 0.2) is 0 Å². The molecule has 1 aromatic carbocycles. The molecule has 0 unspecified atom stereocenters. The highest BCUT2D eigenvalue weighted by molar-refractivity contribution is 5.99. The Labute approximate surface area is 118 Å². The molecule has 1 amide bonds. The summed E-state index contributed by atoms with van der Waals surface area (Å²) in [5, 5.41) is 14.2. The van der Waals surface area contributed by atoms with Gasteiger partial charge in [0.05, 0.1) is 4.92 Å². The summed E-state index contributed by atoms with van der Waals surface area (Å²) in [7, 11) is 1.64. The lowest BCUT2D eigenvalue weighted by molar-refractivity contribution is -0.385. The van der Waals surface area contributed by atoms with Gasteiger partial charge in [0.2, 0.25) is 0 Å². The van der Waals surface area contributed by atoms with Gasteiger partial charge in [-0.2, -0.15) is 0 Å². The van der Waals surface area contributed by atoms with E-state index >= 15 is 0 Å². The standard InChI is InChI=1S/C14H21N3O3/c1-5-8-15-11-6-7-13(17(19)20)12(9-11)14(18)16(4)10(2)3/h6-7,9-10,15H,5,8H2,1-4H3. The van der Waals surface area contributed by atoms with Crippen LogP contribution >= 0.6 is 0 Å². The average molecular weight is 279 g/mol. The maximum Gasteiger partial charge on any atom is 0.282 e. The van der Waals surface area contributed by atoms with Crippen LogP contribution in [-0.2, 0) is 0 Å².